The average Bonchev–Trinajstić information content (AvgIpc) is 3.51. The molecule has 0 saturated carbocycles. The van der Waals surface area contributed by atoms with Gasteiger partial charge in [-0.3, -0.25) is 14.4 Å². The van der Waals surface area contributed by atoms with Crippen LogP contribution in [0.3, 0.4) is 0 Å². The molecule has 2 bridgehead atoms. The number of amides is 2. The summed E-state index contributed by atoms with van der Waals surface area (Å²) in [6, 6.07) is 7.72. The fourth-order valence-electron chi connectivity index (χ4n) is 6.49. The van der Waals surface area contributed by atoms with E-state index in [9.17, 15) is 19.5 Å². The molecule has 7 atom stereocenters. The number of halogens is 1. The van der Waals surface area contributed by atoms with E-state index >= 15 is 0 Å². The van der Waals surface area contributed by atoms with Gasteiger partial charge in [-0.1, -0.05) is 58.4 Å². The molecule has 39 heavy (non-hydrogen) atoms. The maximum absolute atomic E-state index is 14.3. The number of benzene rings is 1. The number of hydrogen-bond donors (Lipinski definition) is 1. The molecular formula is C30H39BrN2O6. The highest BCUT2D eigenvalue weighted by Gasteiger charge is 2.77. The molecule has 9 heteroatoms. The Labute approximate surface area is 239 Å². The summed E-state index contributed by atoms with van der Waals surface area (Å²) >= 11 is 3.68. The van der Waals surface area contributed by atoms with Crippen molar-refractivity contribution >= 4 is 33.7 Å². The summed E-state index contributed by atoms with van der Waals surface area (Å²) < 4.78 is 12.2. The SMILES string of the molecule is C=CCCCOC(=O)[C@H]1[C@@H]2OC3(CC2Br)C(C(=O)N(CC=C)C(C)C)N([C@@H](CO)Cc2ccccc2)C(=O)[C@H]13. The van der Waals surface area contributed by atoms with Crippen molar-refractivity contribution in [3.8, 4) is 0 Å². The van der Waals surface area contributed by atoms with Gasteiger partial charge < -0.3 is 24.4 Å². The predicted molar refractivity (Wildman–Crippen MR) is 151 cm³/mol. The molecule has 4 rings (SSSR count). The lowest BCUT2D eigenvalue weighted by Gasteiger charge is -2.40. The summed E-state index contributed by atoms with van der Waals surface area (Å²) in [5.74, 6) is -2.83. The van der Waals surface area contributed by atoms with Crippen molar-refractivity contribution in [2.24, 2.45) is 11.8 Å². The van der Waals surface area contributed by atoms with Gasteiger partial charge in [0.05, 0.1) is 37.2 Å². The zero-order valence-corrected chi connectivity index (χ0v) is 24.3. The van der Waals surface area contributed by atoms with E-state index in [4.69, 9.17) is 9.47 Å². The molecular weight excluding hydrogens is 564 g/mol. The zero-order chi connectivity index (χ0) is 28.3. The second-order valence-corrected chi connectivity index (χ2v) is 12.1. The lowest BCUT2D eigenvalue weighted by Crippen LogP contribution is -2.60. The first kappa shape index (κ1) is 29.5. The number of fused-ring (bicyclic) bond motifs is 1. The van der Waals surface area contributed by atoms with Gasteiger partial charge in [0, 0.05) is 17.4 Å². The fraction of sp³-hybridized carbons (Fsp3) is 0.567. The Hall–Kier alpha value is -2.49. The molecule has 212 valence electrons. The summed E-state index contributed by atoms with van der Waals surface area (Å²) in [7, 11) is 0. The zero-order valence-electron chi connectivity index (χ0n) is 22.7. The monoisotopic (exact) mass is 602 g/mol. The fourth-order valence-corrected chi connectivity index (χ4v) is 7.44. The Balaban J connectivity index is 1.76. The number of aliphatic hydroxyl groups is 1. The van der Waals surface area contributed by atoms with Crippen molar-refractivity contribution in [3.63, 3.8) is 0 Å². The number of allylic oxidation sites excluding steroid dienone is 1. The molecule has 8 nitrogen and oxygen atoms in total. The minimum atomic E-state index is -1.21. The average molecular weight is 604 g/mol. The van der Waals surface area contributed by atoms with Gasteiger partial charge in [0.25, 0.3) is 0 Å². The van der Waals surface area contributed by atoms with Crippen LogP contribution in [0, 0.1) is 11.8 Å². The van der Waals surface area contributed by atoms with E-state index in [1.807, 2.05) is 44.2 Å². The smallest absolute Gasteiger partial charge is 0.312 e. The highest BCUT2D eigenvalue weighted by Crippen LogP contribution is 2.60. The Morgan fingerprint density at radius 2 is 2.00 bits per heavy atom. The number of unbranched alkanes of at least 4 members (excludes halogenated alkanes) is 1. The van der Waals surface area contributed by atoms with E-state index < -0.39 is 41.6 Å². The second-order valence-electron chi connectivity index (χ2n) is 10.9. The molecule has 1 spiro atoms. The maximum atomic E-state index is 14.3. The Kier molecular flexibility index (Phi) is 9.34. The van der Waals surface area contributed by atoms with Crippen molar-refractivity contribution in [1.82, 2.24) is 9.80 Å². The molecule has 0 radical (unpaired) electrons. The van der Waals surface area contributed by atoms with E-state index in [-0.39, 0.29) is 35.9 Å². The van der Waals surface area contributed by atoms with Crippen LogP contribution in [-0.4, -0.2) is 87.1 Å². The van der Waals surface area contributed by atoms with Gasteiger partial charge in [-0.2, -0.15) is 0 Å². The summed E-state index contributed by atoms with van der Waals surface area (Å²) in [4.78, 5) is 45.0. The lowest BCUT2D eigenvalue weighted by molar-refractivity contribution is -0.156. The number of ether oxygens (including phenoxy) is 2. The van der Waals surface area contributed by atoms with Gasteiger partial charge in [-0.15, -0.1) is 13.2 Å². The number of aliphatic hydroxyl groups excluding tert-OH is 1. The number of hydrogen-bond acceptors (Lipinski definition) is 6. The second kappa shape index (κ2) is 12.4. The minimum Gasteiger partial charge on any atom is -0.465 e. The molecule has 0 aliphatic carbocycles. The third-order valence-corrected chi connectivity index (χ3v) is 9.03. The minimum absolute atomic E-state index is 0.159. The van der Waals surface area contributed by atoms with Crippen LogP contribution in [0.2, 0.25) is 0 Å². The Morgan fingerprint density at radius 3 is 2.62 bits per heavy atom. The molecule has 1 aromatic rings. The first-order valence-corrected chi connectivity index (χ1v) is 14.6. The summed E-state index contributed by atoms with van der Waals surface area (Å²) in [5.41, 5.74) is -0.283. The van der Waals surface area contributed by atoms with Crippen LogP contribution in [0.4, 0.5) is 0 Å². The normalized spacial score (nSPS) is 29.8. The van der Waals surface area contributed by atoms with Gasteiger partial charge in [0.1, 0.15) is 11.6 Å². The largest absolute Gasteiger partial charge is 0.465 e. The molecule has 3 saturated heterocycles. The Morgan fingerprint density at radius 1 is 1.28 bits per heavy atom. The third kappa shape index (κ3) is 5.33. The number of carbonyl (C=O) groups excluding carboxylic acids is 3. The van der Waals surface area contributed by atoms with Crippen LogP contribution in [0.15, 0.2) is 55.6 Å². The molecule has 1 aromatic carbocycles. The van der Waals surface area contributed by atoms with Gasteiger partial charge in [-0.05, 0) is 45.1 Å². The topological polar surface area (TPSA) is 96.4 Å². The van der Waals surface area contributed by atoms with E-state index in [1.54, 1.807) is 17.1 Å². The molecule has 1 N–H and O–H groups in total. The molecule has 3 unspecified atom stereocenters. The molecule has 3 aliphatic heterocycles. The third-order valence-electron chi connectivity index (χ3n) is 8.18. The van der Waals surface area contributed by atoms with Crippen molar-refractivity contribution in [3.05, 3.63) is 61.2 Å². The van der Waals surface area contributed by atoms with Crippen LogP contribution < -0.4 is 0 Å². The first-order valence-electron chi connectivity index (χ1n) is 13.7. The summed E-state index contributed by atoms with van der Waals surface area (Å²) in [6.45, 7) is 11.5. The standard InChI is InChI=1S/C30H39BrN2O6/c1-5-7-11-15-38-29(37)23-24-27(35)33(21(18-34)16-20-12-9-8-10-13-20)26(28(36)32(14-6-2)19(3)4)30(24)17-22(31)25(23)39-30/h5-6,8-10,12-13,19,21-26,34H,1-2,7,11,14-18H2,3-4H3/t21-,22?,23-,24+,25-,26?,30?/m1/s1. The predicted octanol–water partition coefficient (Wildman–Crippen LogP) is 3.27. The highest BCUT2D eigenvalue weighted by molar-refractivity contribution is 9.09. The van der Waals surface area contributed by atoms with Crippen LogP contribution in [0.5, 0.6) is 0 Å². The van der Waals surface area contributed by atoms with Gasteiger partial charge in [0.15, 0.2) is 0 Å². The van der Waals surface area contributed by atoms with Crippen LogP contribution in [0.1, 0.15) is 38.7 Å². The number of carbonyl (C=O) groups is 3. The van der Waals surface area contributed by atoms with Crippen LogP contribution in [0.25, 0.3) is 0 Å². The first-order chi connectivity index (χ1) is 18.7. The summed E-state index contributed by atoms with van der Waals surface area (Å²) in [5, 5.41) is 10.6. The van der Waals surface area contributed by atoms with E-state index in [0.717, 1.165) is 5.56 Å². The number of rotatable bonds is 13. The van der Waals surface area contributed by atoms with Crippen molar-refractivity contribution < 1.29 is 29.0 Å². The number of likely N-dealkylation sites (tertiary alicyclic amines) is 1. The number of alkyl halides is 1. The van der Waals surface area contributed by atoms with Gasteiger partial charge >= 0.3 is 5.97 Å². The van der Waals surface area contributed by atoms with E-state index in [1.165, 1.54) is 4.90 Å². The molecule has 0 aromatic heterocycles. The van der Waals surface area contributed by atoms with Gasteiger partial charge in [0.2, 0.25) is 11.8 Å². The Bertz CT molecular complexity index is 1080. The molecule has 3 heterocycles. The molecule has 3 aliphatic rings. The number of nitrogens with zero attached hydrogens (tertiary/aromatic N) is 2. The lowest BCUT2D eigenvalue weighted by atomic mass is 9.70. The maximum Gasteiger partial charge on any atom is 0.312 e. The van der Waals surface area contributed by atoms with Crippen molar-refractivity contribution in [1.29, 1.82) is 0 Å². The van der Waals surface area contributed by atoms with Crippen LogP contribution in [-0.2, 0) is 30.3 Å². The highest BCUT2D eigenvalue weighted by atomic mass is 79.9. The summed E-state index contributed by atoms with van der Waals surface area (Å²) in [6.07, 6.45) is 4.93. The van der Waals surface area contributed by atoms with Crippen molar-refractivity contribution in [2.75, 3.05) is 19.8 Å². The molecule has 2 amide bonds. The quantitative estimate of drug-likeness (QED) is 0.161. The van der Waals surface area contributed by atoms with Crippen molar-refractivity contribution in [2.45, 2.75) is 74.2 Å². The molecule has 3 fully saturated rings. The van der Waals surface area contributed by atoms with Crippen LogP contribution >= 0.6 is 15.9 Å². The van der Waals surface area contributed by atoms with E-state index in [0.29, 0.717) is 32.2 Å². The van der Waals surface area contributed by atoms with E-state index in [2.05, 4.69) is 29.1 Å². The van der Waals surface area contributed by atoms with Gasteiger partial charge in [-0.25, -0.2) is 0 Å². The number of esters is 1.